The Balaban J connectivity index is 0.00000166. The second-order valence-electron chi connectivity index (χ2n) is 29.4. The first-order valence-electron chi connectivity index (χ1n) is 43.2. The van der Waals surface area contributed by atoms with Crippen molar-refractivity contribution in [1.29, 1.82) is 0 Å². The molecule has 0 heterocycles. The van der Waals surface area contributed by atoms with Gasteiger partial charge in [0.2, 0.25) is 0 Å². The number of aliphatic hydroxyl groups excluding tert-OH is 1. The number of esters is 6. The summed E-state index contributed by atoms with van der Waals surface area (Å²) in [5.74, 6) is -3.89. The monoisotopic (exact) mass is 2030 g/mol. The van der Waals surface area contributed by atoms with Crippen LogP contribution in [0, 0.1) is 0 Å². The number of ether oxygens (including phenoxy) is 17. The number of phenols is 3. The number of hydrogen-bond acceptors (Lipinski definition) is 31. The minimum absolute atomic E-state index is 0. The molecule has 11 rings (SSSR count). The minimum Gasteiger partial charge on any atom is -0.870 e. The number of carboxylic acids is 2. The van der Waals surface area contributed by atoms with Gasteiger partial charge >= 0.3 is 83.5 Å². The van der Waals surface area contributed by atoms with E-state index in [0.29, 0.717) is 74.7 Å². The van der Waals surface area contributed by atoms with Gasteiger partial charge in [0.1, 0.15) is 85.7 Å². The van der Waals surface area contributed by atoms with Crippen LogP contribution in [0.5, 0.6) is 40.2 Å². The Bertz CT molecular complexity index is 5310. The topological polar surface area (TPSA) is 462 Å². The number of aliphatic carboxylic acids is 2. The van der Waals surface area contributed by atoms with Gasteiger partial charge in [-0.05, 0) is 160 Å². The molecule has 8 atom stereocenters. The van der Waals surface area contributed by atoms with Crippen molar-refractivity contribution in [3.63, 3.8) is 0 Å². The predicted octanol–water partition coefficient (Wildman–Crippen LogP) is 13.6. The number of benzene rings is 11. The third-order valence-corrected chi connectivity index (χ3v) is 19.5. The Labute approximate surface area is 864 Å². The van der Waals surface area contributed by atoms with E-state index in [1.807, 2.05) is 146 Å². The molecule has 0 aromatic heterocycles. The molecule has 11 aromatic rings. The van der Waals surface area contributed by atoms with Crippen molar-refractivity contribution in [2.24, 2.45) is 0 Å². The van der Waals surface area contributed by atoms with Crippen LogP contribution in [0.4, 0.5) is 13.2 Å². The average Bonchev–Trinajstić information content (AvgIpc) is 0.845. The molecular formula is C108H128F3NaO33. The zero-order valence-corrected chi connectivity index (χ0v) is 83.4. The van der Waals surface area contributed by atoms with Crippen LogP contribution in [0.25, 0.3) is 0 Å². The van der Waals surface area contributed by atoms with Gasteiger partial charge in [0.15, 0.2) is 42.7 Å². The molecule has 0 saturated carbocycles. The molecular weight excluding hydrogens is 1910 g/mol. The van der Waals surface area contributed by atoms with E-state index in [1.54, 1.807) is 104 Å². The summed E-state index contributed by atoms with van der Waals surface area (Å²) in [6.45, 7) is 3.96. The Morgan fingerprint density at radius 3 is 0.890 bits per heavy atom. The second kappa shape index (κ2) is 74.8. The summed E-state index contributed by atoms with van der Waals surface area (Å²) >= 11 is 0. The first kappa shape index (κ1) is 131. The first-order chi connectivity index (χ1) is 67.7. The quantitative estimate of drug-likeness (QED) is 0.00897. The maximum absolute atomic E-state index is 12.6. The summed E-state index contributed by atoms with van der Waals surface area (Å²) < 4.78 is 122. The molecule has 37 heteroatoms. The molecule has 0 fully saturated rings. The van der Waals surface area contributed by atoms with Crippen molar-refractivity contribution in [2.75, 3.05) is 91.4 Å². The number of carbonyl (C=O) groups is 9. The van der Waals surface area contributed by atoms with E-state index in [4.69, 9.17) is 82.4 Å². The zero-order chi connectivity index (χ0) is 104. The molecule has 33 nitrogen and oxygen atoms in total. The van der Waals surface area contributed by atoms with E-state index in [9.17, 15) is 61.4 Å². The fourth-order valence-corrected chi connectivity index (χ4v) is 11.8. The SMILES string of the molecule is C.C.CCOC(=O)[C@H](Cc1ccc(O)cc1)OC.COC(=O)C(Cc1ccc(OCc2ccccc2)cc1)OC.COC(=O)C(OC)C(O)c1ccc(OCc2ccccc2)cc1.COC(=O)C(OC)C(OC(=O)C(F)(F)F)c1ccc(OCc2ccccc2)cc1.COC(Cc1ccc(O)cc1)C(=O)O.COCC(=O)OC.CO[C@@H](Cc1ccc(O)cc1)C(=O)O.O=Cc1ccc(OCc2ccccc2)cc1.[Na+].[OH-]. The molecule has 0 radical (unpaired) electrons. The van der Waals surface area contributed by atoms with Crippen molar-refractivity contribution in [2.45, 2.75) is 129 Å². The molecule has 780 valence electrons. The smallest absolute Gasteiger partial charge is 0.870 e. The number of halogens is 3. The third kappa shape index (κ3) is 52.1. The summed E-state index contributed by atoms with van der Waals surface area (Å²) in [5.41, 5.74) is 9.10. The molecule has 0 amide bonds. The molecule has 11 aromatic carbocycles. The number of methoxy groups -OCH3 is 11. The minimum atomic E-state index is -5.23. The molecule has 145 heavy (non-hydrogen) atoms. The fourth-order valence-electron chi connectivity index (χ4n) is 11.8. The van der Waals surface area contributed by atoms with Crippen LogP contribution in [0.3, 0.4) is 0 Å². The van der Waals surface area contributed by atoms with Crippen LogP contribution < -0.4 is 48.5 Å². The van der Waals surface area contributed by atoms with Crippen LogP contribution >= 0.6 is 0 Å². The predicted molar refractivity (Wildman–Crippen MR) is 525 cm³/mol. The van der Waals surface area contributed by atoms with Crippen LogP contribution in [0.15, 0.2) is 291 Å². The second-order valence-corrected chi connectivity index (χ2v) is 29.4. The molecule has 0 bridgehead atoms. The summed E-state index contributed by atoms with van der Waals surface area (Å²) in [6, 6.07) is 85.8. The molecule has 7 N–H and O–H groups in total. The van der Waals surface area contributed by atoms with Crippen molar-refractivity contribution < 1.29 is 203 Å². The van der Waals surface area contributed by atoms with Gasteiger partial charge in [0.25, 0.3) is 0 Å². The average molecular weight is 2030 g/mol. The van der Waals surface area contributed by atoms with Gasteiger partial charge in [-0.3, -0.25) is 4.79 Å². The Morgan fingerprint density at radius 1 is 0.345 bits per heavy atom. The molecule has 0 saturated heterocycles. The van der Waals surface area contributed by atoms with Crippen LogP contribution in [0.2, 0.25) is 0 Å². The van der Waals surface area contributed by atoms with Gasteiger partial charge in [-0.15, -0.1) is 0 Å². The molecule has 0 aliphatic heterocycles. The van der Waals surface area contributed by atoms with Crippen molar-refractivity contribution >= 4 is 54.0 Å². The number of hydrogen-bond donors (Lipinski definition) is 6. The van der Waals surface area contributed by atoms with E-state index < -0.39 is 84.9 Å². The number of phenolic OH excluding ortho intramolecular Hbond substituents is 3. The van der Waals surface area contributed by atoms with Gasteiger partial charge in [-0.25, -0.2) is 38.4 Å². The van der Waals surface area contributed by atoms with E-state index in [2.05, 4.69) is 23.7 Å². The Hall–Kier alpha value is -14.1. The summed E-state index contributed by atoms with van der Waals surface area (Å²) in [7, 11) is 14.5. The number of aldehydes is 1. The number of aromatic hydroxyl groups is 3. The number of carbonyl (C=O) groups excluding carboxylic acids is 7. The molecule has 0 aliphatic rings. The van der Waals surface area contributed by atoms with Crippen molar-refractivity contribution in [3.8, 4) is 40.2 Å². The maximum atomic E-state index is 12.6. The molecule has 6 unspecified atom stereocenters. The van der Waals surface area contributed by atoms with E-state index >= 15 is 0 Å². The largest absolute Gasteiger partial charge is 1.00 e. The standard InChI is InChI=1S/C20H19F3O6.C18H20O5.C18H20O4.C14H12O2.C12H16O4.2C10H12O4.C4H8O3.2CH4.Na.H2O/c1-26-17(18(24)27-2)16(29-19(25)20(21,22)23)14-8-10-15(11-9-14)28-12-13-6-4-3-5-7-13;1-21-17(18(20)22-2)16(19)14-8-10-15(11-9-14)23-12-13-6-4-3-5-7-13;1-20-17(18(19)21-2)12-14-8-10-16(11-9-14)22-13-15-6-4-3-5-7-15;15-10-12-6-8-14(9-7-12)16-11-13-4-2-1-3-5-13;1-3-16-12(14)11(15-2)8-9-4-6-10(13)7-5-9;2*1-14-9(10(12)13)6-7-2-4-8(11)5-3-7;1-6-3-4(5)7-2;;;;/h3-11,16-17H,12H2,1-2H3;3-11,16-17,19H,12H2,1-2H3;3-11,17H,12-13H2,1-2H3;1-10H,11H2;4-7,11,13H,3,8H2,1-2H3;2*2-5,9,11H,6H2,1H3,(H,12,13);3H2,1-2H3;2*1H4;;1H2/q;;;;;;;;;;+1;/p-1/t;;;;11-;9-;;;;;;/m....00....../s1. The Kier molecular flexibility index (Phi) is 67.5. The van der Waals surface area contributed by atoms with Gasteiger partial charge in [0, 0.05) is 81.0 Å². The Morgan fingerprint density at radius 2 is 0.628 bits per heavy atom. The first-order valence-corrected chi connectivity index (χ1v) is 43.2. The van der Waals surface area contributed by atoms with Gasteiger partial charge in [0.05, 0.1) is 35.0 Å². The number of rotatable bonds is 41. The summed E-state index contributed by atoms with van der Waals surface area (Å²) in [5, 5.41) is 54.8. The van der Waals surface area contributed by atoms with E-state index in [-0.39, 0.29) is 104 Å². The van der Waals surface area contributed by atoms with Gasteiger partial charge in [-0.1, -0.05) is 209 Å². The van der Waals surface area contributed by atoms with Gasteiger partial charge in [-0.2, -0.15) is 13.2 Å². The van der Waals surface area contributed by atoms with Crippen LogP contribution in [0.1, 0.15) is 100.0 Å². The van der Waals surface area contributed by atoms with Crippen molar-refractivity contribution in [3.05, 3.63) is 352 Å². The van der Waals surface area contributed by atoms with Crippen LogP contribution in [-0.2, 0) is 152 Å². The van der Waals surface area contributed by atoms with Crippen molar-refractivity contribution in [1.82, 2.24) is 0 Å². The maximum Gasteiger partial charge on any atom is 1.00 e. The number of alkyl halides is 3. The molecule has 0 aliphatic carbocycles. The van der Waals surface area contributed by atoms with E-state index in [0.717, 1.165) is 76.5 Å². The molecule has 0 spiro atoms. The fraction of sp³-hybridized carbons (Fsp3) is 0.306. The van der Waals surface area contributed by atoms with Gasteiger partial charge < -0.3 is 117 Å². The summed E-state index contributed by atoms with van der Waals surface area (Å²) in [6.07, 6.45) is -11.1. The number of carboxylic acid groups (broad SMARTS) is 2. The van der Waals surface area contributed by atoms with E-state index in [1.165, 1.54) is 113 Å². The summed E-state index contributed by atoms with van der Waals surface area (Å²) in [4.78, 5) is 99.5. The van der Waals surface area contributed by atoms with Crippen LogP contribution in [-0.4, -0.2) is 224 Å². The zero-order valence-electron chi connectivity index (χ0n) is 81.4. The number of aliphatic hydroxyl groups is 1. The normalized spacial score (nSPS) is 11.7. The third-order valence-electron chi connectivity index (χ3n) is 19.5.